The highest BCUT2D eigenvalue weighted by atomic mass is 79.9. The van der Waals surface area contributed by atoms with E-state index in [1.165, 1.54) is 0 Å². The van der Waals surface area contributed by atoms with Gasteiger partial charge in [-0.25, -0.2) is 0 Å². The quantitative estimate of drug-likeness (QED) is 0.783. The smallest absolute Gasteiger partial charge is 0.174 e. The third kappa shape index (κ3) is 5.18. The molecule has 0 amide bonds. The Morgan fingerprint density at radius 1 is 1.47 bits per heavy atom. The lowest BCUT2D eigenvalue weighted by Crippen LogP contribution is -2.19. The Bertz CT molecular complexity index is 391. The van der Waals surface area contributed by atoms with Crippen molar-refractivity contribution in [1.29, 1.82) is 5.26 Å². The summed E-state index contributed by atoms with van der Waals surface area (Å²) in [6, 6.07) is 7.69. The van der Waals surface area contributed by atoms with Gasteiger partial charge in [0.05, 0.1) is 6.61 Å². The zero-order valence-corrected chi connectivity index (χ0v) is 11.3. The average molecular weight is 299 g/mol. The van der Waals surface area contributed by atoms with Gasteiger partial charge in [-0.1, -0.05) is 15.9 Å². The fourth-order valence-corrected chi connectivity index (χ4v) is 1.74. The molecule has 1 aromatic carbocycles. The molecule has 92 valence electrons. The molecular weight excluding hydrogens is 284 g/mol. The molecule has 0 aromatic heterocycles. The first-order chi connectivity index (χ1) is 8.27. The van der Waals surface area contributed by atoms with E-state index in [1.54, 1.807) is 7.11 Å². The fourth-order valence-electron chi connectivity index (χ4n) is 1.33. The molecule has 1 rings (SSSR count). The van der Waals surface area contributed by atoms with Crippen molar-refractivity contribution in [2.24, 2.45) is 0 Å². The molecule has 0 heterocycles. The number of halogens is 1. The van der Waals surface area contributed by atoms with E-state index in [-0.39, 0.29) is 6.61 Å². The van der Waals surface area contributed by atoms with E-state index in [4.69, 9.17) is 14.7 Å². The zero-order valence-electron chi connectivity index (χ0n) is 9.70. The molecule has 4 nitrogen and oxygen atoms in total. The van der Waals surface area contributed by atoms with Crippen LogP contribution in [0.2, 0.25) is 0 Å². The number of nitrogens with one attached hydrogen (secondary N) is 1. The Labute approximate surface area is 110 Å². The van der Waals surface area contributed by atoms with Crippen LogP contribution in [0.15, 0.2) is 22.7 Å². The maximum absolute atomic E-state index is 8.50. The van der Waals surface area contributed by atoms with Crippen LogP contribution in [0.5, 0.6) is 5.75 Å². The lowest BCUT2D eigenvalue weighted by molar-refractivity contribution is 0.199. The van der Waals surface area contributed by atoms with Gasteiger partial charge in [0.15, 0.2) is 6.61 Å². The Hall–Kier alpha value is -1.09. The fraction of sp³-hybridized carbons (Fsp3) is 0.417. The van der Waals surface area contributed by atoms with Crippen LogP contribution in [0, 0.1) is 11.3 Å². The van der Waals surface area contributed by atoms with Gasteiger partial charge >= 0.3 is 0 Å². The Kier molecular flexibility index (Phi) is 6.63. The summed E-state index contributed by atoms with van der Waals surface area (Å²) in [7, 11) is 1.67. The van der Waals surface area contributed by atoms with Gasteiger partial charge in [-0.3, -0.25) is 0 Å². The highest BCUT2D eigenvalue weighted by molar-refractivity contribution is 9.10. The van der Waals surface area contributed by atoms with E-state index in [0.29, 0.717) is 13.2 Å². The number of methoxy groups -OCH3 is 1. The molecule has 0 aliphatic rings. The topological polar surface area (TPSA) is 54.3 Å². The summed E-state index contributed by atoms with van der Waals surface area (Å²) in [5.41, 5.74) is 1.02. The van der Waals surface area contributed by atoms with E-state index in [9.17, 15) is 0 Å². The van der Waals surface area contributed by atoms with Gasteiger partial charge in [-0.05, 0) is 18.2 Å². The Balaban J connectivity index is 2.60. The molecular formula is C12H15BrN2O2. The minimum atomic E-state index is 0.0622. The summed E-state index contributed by atoms with van der Waals surface area (Å²) < 4.78 is 11.3. The van der Waals surface area contributed by atoms with Crippen LogP contribution in [-0.4, -0.2) is 26.9 Å². The molecule has 1 aromatic rings. The third-order valence-electron chi connectivity index (χ3n) is 2.11. The van der Waals surface area contributed by atoms with Gasteiger partial charge in [-0.2, -0.15) is 5.26 Å². The van der Waals surface area contributed by atoms with Gasteiger partial charge in [0, 0.05) is 30.2 Å². The lowest BCUT2D eigenvalue weighted by atomic mass is 10.2. The zero-order chi connectivity index (χ0) is 12.5. The number of hydrogen-bond donors (Lipinski definition) is 1. The lowest BCUT2D eigenvalue weighted by Gasteiger charge is -2.10. The highest BCUT2D eigenvalue weighted by Crippen LogP contribution is 2.23. The number of nitrogens with zero attached hydrogens (tertiary/aromatic N) is 1. The first-order valence-electron chi connectivity index (χ1n) is 5.25. The number of benzene rings is 1. The normalized spacial score (nSPS) is 9.94. The van der Waals surface area contributed by atoms with Crippen LogP contribution in [-0.2, 0) is 11.3 Å². The molecule has 0 fully saturated rings. The molecule has 5 heteroatoms. The number of nitriles is 1. The van der Waals surface area contributed by atoms with Crippen LogP contribution in [0.1, 0.15) is 5.56 Å². The van der Waals surface area contributed by atoms with Crippen molar-refractivity contribution in [3.05, 3.63) is 28.2 Å². The largest absolute Gasteiger partial charge is 0.478 e. The minimum absolute atomic E-state index is 0.0622. The van der Waals surface area contributed by atoms with Crippen molar-refractivity contribution in [3.63, 3.8) is 0 Å². The summed E-state index contributed by atoms with van der Waals surface area (Å²) in [6.07, 6.45) is 0. The summed E-state index contributed by atoms with van der Waals surface area (Å²) >= 11 is 3.41. The SMILES string of the molecule is COCCNCc1cc(Br)ccc1OCC#N. The van der Waals surface area contributed by atoms with Crippen molar-refractivity contribution in [2.45, 2.75) is 6.54 Å². The van der Waals surface area contributed by atoms with E-state index < -0.39 is 0 Å². The van der Waals surface area contributed by atoms with Gasteiger partial charge in [0.2, 0.25) is 0 Å². The molecule has 0 unspecified atom stereocenters. The predicted molar refractivity (Wildman–Crippen MR) is 68.8 cm³/mol. The van der Waals surface area contributed by atoms with E-state index >= 15 is 0 Å². The molecule has 0 atom stereocenters. The molecule has 0 aliphatic carbocycles. The highest BCUT2D eigenvalue weighted by Gasteiger charge is 2.04. The maximum Gasteiger partial charge on any atom is 0.174 e. The monoisotopic (exact) mass is 298 g/mol. The average Bonchev–Trinajstić information content (AvgIpc) is 2.33. The molecule has 0 saturated heterocycles. The van der Waals surface area contributed by atoms with Crippen molar-refractivity contribution >= 4 is 15.9 Å². The molecule has 0 saturated carbocycles. The second-order valence-corrected chi connectivity index (χ2v) is 4.28. The van der Waals surface area contributed by atoms with Gasteiger partial charge in [0.1, 0.15) is 11.8 Å². The first-order valence-corrected chi connectivity index (χ1v) is 6.05. The molecule has 0 bridgehead atoms. The van der Waals surface area contributed by atoms with Crippen LogP contribution < -0.4 is 10.1 Å². The summed E-state index contributed by atoms with van der Waals surface area (Å²) in [4.78, 5) is 0. The molecule has 0 spiro atoms. The predicted octanol–water partition coefficient (Wildman–Crippen LogP) is 2.09. The standard InChI is InChI=1S/C12H15BrN2O2/c1-16-7-5-15-9-10-8-11(13)2-3-12(10)17-6-4-14/h2-3,8,15H,5-7,9H2,1H3. The summed E-state index contributed by atoms with van der Waals surface area (Å²) in [5, 5.41) is 11.7. The van der Waals surface area contributed by atoms with Crippen LogP contribution in [0.25, 0.3) is 0 Å². The maximum atomic E-state index is 8.50. The van der Waals surface area contributed by atoms with Crippen molar-refractivity contribution < 1.29 is 9.47 Å². The molecule has 17 heavy (non-hydrogen) atoms. The Morgan fingerprint density at radius 2 is 2.29 bits per heavy atom. The molecule has 0 radical (unpaired) electrons. The van der Waals surface area contributed by atoms with Gasteiger partial charge < -0.3 is 14.8 Å². The van der Waals surface area contributed by atoms with Crippen LogP contribution >= 0.6 is 15.9 Å². The number of ether oxygens (including phenoxy) is 2. The number of rotatable bonds is 7. The van der Waals surface area contributed by atoms with Crippen molar-refractivity contribution in [2.75, 3.05) is 26.9 Å². The minimum Gasteiger partial charge on any atom is -0.478 e. The second kappa shape index (κ2) is 8.07. The molecule has 0 aliphatic heterocycles. The van der Waals surface area contributed by atoms with Crippen LogP contribution in [0.3, 0.4) is 0 Å². The first kappa shape index (κ1) is 14.0. The summed E-state index contributed by atoms with van der Waals surface area (Å²) in [6.45, 7) is 2.19. The third-order valence-corrected chi connectivity index (χ3v) is 2.61. The Morgan fingerprint density at radius 3 is 3.00 bits per heavy atom. The number of hydrogen-bond acceptors (Lipinski definition) is 4. The van der Waals surface area contributed by atoms with Crippen molar-refractivity contribution in [1.82, 2.24) is 5.32 Å². The molecule has 1 N–H and O–H groups in total. The summed E-state index contributed by atoms with van der Waals surface area (Å²) in [5.74, 6) is 0.736. The van der Waals surface area contributed by atoms with E-state index in [1.807, 2.05) is 24.3 Å². The van der Waals surface area contributed by atoms with E-state index in [0.717, 1.165) is 22.3 Å². The van der Waals surface area contributed by atoms with Crippen LogP contribution in [0.4, 0.5) is 0 Å². The van der Waals surface area contributed by atoms with Crippen molar-refractivity contribution in [3.8, 4) is 11.8 Å². The van der Waals surface area contributed by atoms with E-state index in [2.05, 4.69) is 21.2 Å². The van der Waals surface area contributed by atoms with Gasteiger partial charge in [-0.15, -0.1) is 0 Å². The second-order valence-electron chi connectivity index (χ2n) is 3.37. The van der Waals surface area contributed by atoms with Gasteiger partial charge in [0.25, 0.3) is 0 Å².